The molecule has 4 aliphatic rings. The van der Waals surface area contributed by atoms with Crippen LogP contribution < -0.4 is 0 Å². The highest BCUT2D eigenvalue weighted by Gasteiger charge is 2.59. The minimum absolute atomic E-state index is 0.00591. The summed E-state index contributed by atoms with van der Waals surface area (Å²) < 4.78 is 17.2. The standard InChI is InChI=1S/C21H32O9/c1-8-4-13-11(9(2)19(27)28-13)5-12-10(8)6-15(23)21(12,3)30-20-18(26)17(25)16(24)14(7-22)29-20/h4,9-18,20,22-26H,5-7H2,1-3H3. The van der Waals surface area contributed by atoms with Crippen LogP contribution in [0.2, 0.25) is 0 Å². The van der Waals surface area contributed by atoms with Crippen molar-refractivity contribution in [2.75, 3.05) is 6.61 Å². The van der Waals surface area contributed by atoms with Crippen LogP contribution in [-0.4, -0.2) is 86.6 Å². The molecule has 30 heavy (non-hydrogen) atoms. The van der Waals surface area contributed by atoms with Crippen molar-refractivity contribution >= 4 is 5.97 Å². The Bertz CT molecular complexity index is 709. The molecule has 9 nitrogen and oxygen atoms in total. The van der Waals surface area contributed by atoms with E-state index in [-0.39, 0.29) is 35.7 Å². The molecule has 0 aromatic heterocycles. The van der Waals surface area contributed by atoms with Crippen molar-refractivity contribution in [2.24, 2.45) is 23.7 Å². The maximum absolute atomic E-state index is 12.1. The van der Waals surface area contributed by atoms with Crippen LogP contribution in [0.3, 0.4) is 0 Å². The molecule has 0 spiro atoms. The zero-order chi connectivity index (χ0) is 22.0. The van der Waals surface area contributed by atoms with Gasteiger partial charge < -0.3 is 39.7 Å². The molecule has 12 unspecified atom stereocenters. The van der Waals surface area contributed by atoms with Crippen LogP contribution >= 0.6 is 0 Å². The van der Waals surface area contributed by atoms with Crippen LogP contribution in [0.1, 0.15) is 33.6 Å². The number of carbonyl (C=O) groups excluding carboxylic acids is 1. The number of allylic oxidation sites excluding steroid dienone is 1. The van der Waals surface area contributed by atoms with Gasteiger partial charge in [0.05, 0.1) is 24.2 Å². The zero-order valence-electron chi connectivity index (χ0n) is 17.4. The minimum atomic E-state index is -1.56. The van der Waals surface area contributed by atoms with E-state index in [0.29, 0.717) is 12.8 Å². The summed E-state index contributed by atoms with van der Waals surface area (Å²) in [7, 11) is 0. The van der Waals surface area contributed by atoms with Crippen molar-refractivity contribution in [3.8, 4) is 0 Å². The van der Waals surface area contributed by atoms with E-state index in [2.05, 4.69) is 0 Å². The molecule has 5 N–H and O–H groups in total. The lowest BCUT2D eigenvalue weighted by Gasteiger charge is -2.45. The van der Waals surface area contributed by atoms with E-state index in [1.54, 1.807) is 6.92 Å². The summed E-state index contributed by atoms with van der Waals surface area (Å²) in [6.07, 6.45) is -5.16. The average Bonchev–Trinajstić information content (AvgIpc) is 3.04. The minimum Gasteiger partial charge on any atom is -0.458 e. The molecule has 0 aromatic rings. The van der Waals surface area contributed by atoms with Crippen LogP contribution in [0.5, 0.6) is 0 Å². The molecule has 2 heterocycles. The van der Waals surface area contributed by atoms with E-state index in [1.165, 1.54) is 0 Å². The fraction of sp³-hybridized carbons (Fsp3) is 0.857. The molecule has 0 radical (unpaired) electrons. The number of fused-ring (bicyclic) bond motifs is 2. The Labute approximate surface area is 175 Å². The van der Waals surface area contributed by atoms with Gasteiger partial charge in [0.1, 0.15) is 30.5 Å². The van der Waals surface area contributed by atoms with Crippen LogP contribution in [0.25, 0.3) is 0 Å². The summed E-state index contributed by atoms with van der Waals surface area (Å²) in [5.41, 5.74) is -0.109. The summed E-state index contributed by atoms with van der Waals surface area (Å²) in [6, 6.07) is 0. The quantitative estimate of drug-likeness (QED) is 0.285. The van der Waals surface area contributed by atoms with E-state index in [9.17, 15) is 30.3 Å². The van der Waals surface area contributed by atoms with Crippen molar-refractivity contribution < 1.29 is 44.5 Å². The van der Waals surface area contributed by atoms with Crippen LogP contribution in [0, 0.1) is 23.7 Å². The Balaban J connectivity index is 1.61. The maximum atomic E-state index is 12.1. The van der Waals surface area contributed by atoms with Gasteiger partial charge in [0.15, 0.2) is 6.29 Å². The van der Waals surface area contributed by atoms with Gasteiger partial charge >= 0.3 is 5.97 Å². The predicted octanol–water partition coefficient (Wildman–Crippen LogP) is -0.914. The van der Waals surface area contributed by atoms with E-state index in [1.807, 2.05) is 19.9 Å². The molecule has 2 aliphatic carbocycles. The van der Waals surface area contributed by atoms with Gasteiger partial charge in [-0.3, -0.25) is 4.79 Å². The molecule has 12 atom stereocenters. The highest BCUT2D eigenvalue weighted by atomic mass is 16.7. The normalized spacial score (nSPS) is 53.5. The molecule has 1 saturated carbocycles. The molecule has 0 amide bonds. The topological polar surface area (TPSA) is 146 Å². The van der Waals surface area contributed by atoms with E-state index < -0.39 is 49.0 Å². The predicted molar refractivity (Wildman–Crippen MR) is 102 cm³/mol. The maximum Gasteiger partial charge on any atom is 0.309 e. The summed E-state index contributed by atoms with van der Waals surface area (Å²) >= 11 is 0. The molecule has 2 saturated heterocycles. The highest BCUT2D eigenvalue weighted by Crippen LogP contribution is 2.54. The molecular formula is C21H32O9. The smallest absolute Gasteiger partial charge is 0.309 e. The molecular weight excluding hydrogens is 396 g/mol. The van der Waals surface area contributed by atoms with Crippen LogP contribution in [0.15, 0.2) is 11.6 Å². The van der Waals surface area contributed by atoms with Gasteiger partial charge in [-0.05, 0) is 44.6 Å². The molecule has 9 heteroatoms. The zero-order valence-corrected chi connectivity index (χ0v) is 17.4. The highest BCUT2D eigenvalue weighted by molar-refractivity contribution is 5.75. The first-order valence-corrected chi connectivity index (χ1v) is 10.6. The van der Waals surface area contributed by atoms with Crippen molar-refractivity contribution in [3.05, 3.63) is 11.6 Å². The second kappa shape index (κ2) is 7.81. The number of aliphatic hydroxyl groups excluding tert-OH is 5. The summed E-state index contributed by atoms with van der Waals surface area (Å²) in [5.74, 6) is -0.727. The number of carbonyl (C=O) groups is 1. The monoisotopic (exact) mass is 428 g/mol. The molecule has 3 fully saturated rings. The van der Waals surface area contributed by atoms with Crippen molar-refractivity contribution in [1.82, 2.24) is 0 Å². The largest absolute Gasteiger partial charge is 0.458 e. The molecule has 0 bridgehead atoms. The van der Waals surface area contributed by atoms with E-state index in [0.717, 1.165) is 5.57 Å². The first-order valence-electron chi connectivity index (χ1n) is 10.6. The third-order valence-electron chi connectivity index (χ3n) is 7.81. The van der Waals surface area contributed by atoms with Crippen LogP contribution in [0.4, 0.5) is 0 Å². The summed E-state index contributed by atoms with van der Waals surface area (Å²) in [6.45, 7) is 5.00. The van der Waals surface area contributed by atoms with E-state index in [4.69, 9.17) is 14.2 Å². The molecule has 2 aliphatic heterocycles. The number of hydrogen-bond donors (Lipinski definition) is 5. The van der Waals surface area contributed by atoms with Gasteiger partial charge in [-0.1, -0.05) is 12.5 Å². The van der Waals surface area contributed by atoms with Gasteiger partial charge in [0.2, 0.25) is 0 Å². The summed E-state index contributed by atoms with van der Waals surface area (Å²) in [4.78, 5) is 12.1. The van der Waals surface area contributed by atoms with Gasteiger partial charge in [0.25, 0.3) is 0 Å². The molecule has 0 aromatic carbocycles. The van der Waals surface area contributed by atoms with E-state index >= 15 is 0 Å². The van der Waals surface area contributed by atoms with Crippen molar-refractivity contribution in [2.45, 2.75) is 82.1 Å². The fourth-order valence-corrected chi connectivity index (χ4v) is 5.73. The Morgan fingerprint density at radius 2 is 1.87 bits per heavy atom. The Kier molecular flexibility index (Phi) is 5.76. The second-order valence-electron chi connectivity index (χ2n) is 9.46. The second-order valence-corrected chi connectivity index (χ2v) is 9.46. The lowest BCUT2D eigenvalue weighted by Crippen LogP contribution is -2.62. The van der Waals surface area contributed by atoms with Gasteiger partial charge in [-0.25, -0.2) is 0 Å². The number of aliphatic hydroxyl groups is 5. The molecule has 170 valence electrons. The first kappa shape index (κ1) is 22.1. The fourth-order valence-electron chi connectivity index (χ4n) is 5.73. The van der Waals surface area contributed by atoms with Crippen molar-refractivity contribution in [1.29, 1.82) is 0 Å². The Morgan fingerprint density at radius 1 is 1.17 bits per heavy atom. The third kappa shape index (κ3) is 3.31. The van der Waals surface area contributed by atoms with Crippen molar-refractivity contribution in [3.63, 3.8) is 0 Å². The lowest BCUT2D eigenvalue weighted by atomic mass is 9.76. The third-order valence-corrected chi connectivity index (χ3v) is 7.81. The Morgan fingerprint density at radius 3 is 2.53 bits per heavy atom. The number of esters is 1. The van der Waals surface area contributed by atoms with Gasteiger partial charge in [-0.2, -0.15) is 0 Å². The summed E-state index contributed by atoms with van der Waals surface area (Å²) in [5, 5.41) is 50.9. The SMILES string of the molecule is CC1=CC2OC(=O)C(C)C2CC2C1CC(O)C2(C)OC1OC(CO)C(O)C(O)C1O. The Hall–Kier alpha value is -1.07. The van der Waals surface area contributed by atoms with Gasteiger partial charge in [-0.15, -0.1) is 0 Å². The number of rotatable bonds is 3. The average molecular weight is 428 g/mol. The van der Waals surface area contributed by atoms with Gasteiger partial charge in [0, 0.05) is 5.92 Å². The lowest BCUT2D eigenvalue weighted by molar-refractivity contribution is -0.337. The van der Waals surface area contributed by atoms with Crippen LogP contribution in [-0.2, 0) is 19.0 Å². The molecule has 4 rings (SSSR count). The first-order chi connectivity index (χ1) is 14.1. The number of hydrogen-bond acceptors (Lipinski definition) is 9. The number of ether oxygens (including phenoxy) is 3.